The Labute approximate surface area is 83.5 Å². The van der Waals surface area contributed by atoms with Gasteiger partial charge < -0.3 is 4.74 Å². The summed E-state index contributed by atoms with van der Waals surface area (Å²) in [7, 11) is -3.48. The minimum absolute atomic E-state index is 0.124. The SMILES string of the molecule is CC1(C)CC(COS(C)(=O)=O)C(=O)O1. The van der Waals surface area contributed by atoms with Gasteiger partial charge in [-0.3, -0.25) is 8.98 Å². The van der Waals surface area contributed by atoms with E-state index in [0.29, 0.717) is 6.42 Å². The highest BCUT2D eigenvalue weighted by atomic mass is 32.2. The van der Waals surface area contributed by atoms with E-state index in [1.165, 1.54) is 0 Å². The summed E-state index contributed by atoms with van der Waals surface area (Å²) in [6.45, 7) is 3.44. The van der Waals surface area contributed by atoms with Gasteiger partial charge in [0.15, 0.2) is 0 Å². The number of ether oxygens (including phenoxy) is 1. The van der Waals surface area contributed by atoms with Gasteiger partial charge >= 0.3 is 5.97 Å². The van der Waals surface area contributed by atoms with E-state index >= 15 is 0 Å². The van der Waals surface area contributed by atoms with E-state index in [-0.39, 0.29) is 6.61 Å². The Morgan fingerprint density at radius 2 is 2.14 bits per heavy atom. The Morgan fingerprint density at radius 1 is 1.57 bits per heavy atom. The number of carbonyl (C=O) groups is 1. The number of rotatable bonds is 3. The Bertz CT molecular complexity index is 330. The molecule has 0 spiro atoms. The molecule has 5 nitrogen and oxygen atoms in total. The largest absolute Gasteiger partial charge is 0.459 e. The first-order valence-electron chi connectivity index (χ1n) is 4.27. The van der Waals surface area contributed by atoms with Crippen LogP contribution in [-0.4, -0.2) is 32.9 Å². The predicted molar refractivity (Wildman–Crippen MR) is 49.1 cm³/mol. The lowest BCUT2D eigenvalue weighted by atomic mass is 9.98. The summed E-state index contributed by atoms with van der Waals surface area (Å²) in [5.41, 5.74) is -0.511. The molecule has 1 rings (SSSR count). The van der Waals surface area contributed by atoms with Crippen molar-refractivity contribution in [2.75, 3.05) is 12.9 Å². The highest BCUT2D eigenvalue weighted by Gasteiger charge is 2.40. The van der Waals surface area contributed by atoms with Crippen molar-refractivity contribution in [1.82, 2.24) is 0 Å². The number of hydrogen-bond donors (Lipinski definition) is 0. The first kappa shape index (κ1) is 11.5. The van der Waals surface area contributed by atoms with Gasteiger partial charge in [0.25, 0.3) is 10.1 Å². The van der Waals surface area contributed by atoms with Gasteiger partial charge in [-0.2, -0.15) is 8.42 Å². The molecule has 0 aromatic heterocycles. The molecule has 1 atom stereocenters. The van der Waals surface area contributed by atoms with Crippen LogP contribution in [0.2, 0.25) is 0 Å². The molecule has 0 N–H and O–H groups in total. The molecule has 1 aliphatic heterocycles. The van der Waals surface area contributed by atoms with E-state index in [4.69, 9.17) is 4.74 Å². The zero-order valence-corrected chi connectivity index (χ0v) is 9.26. The maximum Gasteiger partial charge on any atom is 0.312 e. The Balaban J connectivity index is 2.52. The third-order valence-electron chi connectivity index (χ3n) is 1.93. The molecule has 1 aliphatic rings. The molecule has 1 unspecified atom stereocenters. The highest BCUT2D eigenvalue weighted by molar-refractivity contribution is 7.85. The van der Waals surface area contributed by atoms with Crippen molar-refractivity contribution < 1.29 is 22.1 Å². The second-order valence-corrected chi connectivity index (χ2v) is 5.71. The van der Waals surface area contributed by atoms with Gasteiger partial charge in [-0.05, 0) is 13.8 Å². The molecule has 1 saturated heterocycles. The van der Waals surface area contributed by atoms with Crippen molar-refractivity contribution in [3.63, 3.8) is 0 Å². The fraction of sp³-hybridized carbons (Fsp3) is 0.875. The van der Waals surface area contributed by atoms with Crippen molar-refractivity contribution in [2.45, 2.75) is 25.9 Å². The van der Waals surface area contributed by atoms with Crippen LogP contribution in [0, 0.1) is 5.92 Å². The molecular formula is C8H14O5S. The van der Waals surface area contributed by atoms with Gasteiger partial charge in [0.05, 0.1) is 18.8 Å². The standard InChI is InChI=1S/C8H14O5S/c1-8(2)4-6(7(9)13-8)5-12-14(3,10)11/h6H,4-5H2,1-3H3. The van der Waals surface area contributed by atoms with E-state index < -0.39 is 27.6 Å². The predicted octanol–water partition coefficient (Wildman–Crippen LogP) is 0.304. The number of carbonyl (C=O) groups excluding carboxylic acids is 1. The summed E-state index contributed by atoms with van der Waals surface area (Å²) >= 11 is 0. The lowest BCUT2D eigenvalue weighted by Gasteiger charge is -2.14. The van der Waals surface area contributed by atoms with Crippen LogP contribution >= 0.6 is 0 Å². The lowest BCUT2D eigenvalue weighted by Crippen LogP contribution is -2.18. The first-order chi connectivity index (χ1) is 6.20. The van der Waals surface area contributed by atoms with Crippen LogP contribution in [0.3, 0.4) is 0 Å². The van der Waals surface area contributed by atoms with Crippen LogP contribution in [0.25, 0.3) is 0 Å². The zero-order valence-electron chi connectivity index (χ0n) is 8.44. The van der Waals surface area contributed by atoms with E-state index in [0.717, 1.165) is 6.26 Å². The topological polar surface area (TPSA) is 69.7 Å². The highest BCUT2D eigenvalue weighted by Crippen LogP contribution is 2.30. The fourth-order valence-corrected chi connectivity index (χ4v) is 1.82. The molecule has 0 aromatic carbocycles. The summed E-state index contributed by atoms with van der Waals surface area (Å²) in [5, 5.41) is 0. The van der Waals surface area contributed by atoms with Gasteiger partial charge in [-0.25, -0.2) is 0 Å². The fourth-order valence-electron chi connectivity index (χ4n) is 1.41. The normalized spacial score (nSPS) is 26.2. The molecule has 82 valence electrons. The minimum Gasteiger partial charge on any atom is -0.459 e. The molecule has 14 heavy (non-hydrogen) atoms. The molecule has 0 radical (unpaired) electrons. The summed E-state index contributed by atoms with van der Waals surface area (Å²) in [4.78, 5) is 11.2. The molecule has 0 aliphatic carbocycles. The second-order valence-electron chi connectivity index (χ2n) is 4.07. The minimum atomic E-state index is -3.48. The van der Waals surface area contributed by atoms with Crippen molar-refractivity contribution in [1.29, 1.82) is 0 Å². The van der Waals surface area contributed by atoms with E-state index in [2.05, 4.69) is 4.18 Å². The zero-order chi connectivity index (χ0) is 11.0. The monoisotopic (exact) mass is 222 g/mol. The van der Waals surface area contributed by atoms with Gasteiger partial charge in [0.2, 0.25) is 0 Å². The van der Waals surface area contributed by atoms with Gasteiger partial charge in [-0.1, -0.05) is 0 Å². The van der Waals surface area contributed by atoms with Crippen LogP contribution in [-0.2, 0) is 23.8 Å². The maximum atomic E-state index is 11.2. The number of cyclic esters (lactones) is 1. The summed E-state index contributed by atoms with van der Waals surface area (Å²) in [5.74, 6) is -0.863. The van der Waals surface area contributed by atoms with Crippen LogP contribution in [0.15, 0.2) is 0 Å². The van der Waals surface area contributed by atoms with Crippen LogP contribution in [0.1, 0.15) is 20.3 Å². The Morgan fingerprint density at radius 3 is 2.50 bits per heavy atom. The molecule has 0 bridgehead atoms. The maximum absolute atomic E-state index is 11.2. The lowest BCUT2D eigenvalue weighted by molar-refractivity contribution is -0.148. The van der Waals surface area contributed by atoms with Gasteiger partial charge in [-0.15, -0.1) is 0 Å². The Kier molecular flexibility index (Phi) is 2.87. The smallest absolute Gasteiger partial charge is 0.312 e. The second kappa shape index (κ2) is 3.51. The third kappa shape index (κ3) is 3.26. The van der Waals surface area contributed by atoms with E-state index in [1.54, 1.807) is 13.8 Å². The Hall–Kier alpha value is -0.620. The van der Waals surface area contributed by atoms with Crippen molar-refractivity contribution >= 4 is 16.1 Å². The average molecular weight is 222 g/mol. The molecule has 6 heteroatoms. The van der Waals surface area contributed by atoms with Crippen molar-refractivity contribution in [2.24, 2.45) is 5.92 Å². The number of hydrogen-bond acceptors (Lipinski definition) is 5. The van der Waals surface area contributed by atoms with Gasteiger partial charge in [0, 0.05) is 6.42 Å². The summed E-state index contributed by atoms with van der Waals surface area (Å²) in [6, 6.07) is 0. The number of esters is 1. The average Bonchev–Trinajstić information content (AvgIpc) is 2.19. The molecule has 0 aromatic rings. The molecule has 1 fully saturated rings. The van der Waals surface area contributed by atoms with E-state index in [9.17, 15) is 13.2 Å². The summed E-state index contributed by atoms with van der Waals surface area (Å²) < 4.78 is 30.9. The summed E-state index contributed by atoms with van der Waals surface area (Å²) in [6.07, 6.45) is 1.44. The van der Waals surface area contributed by atoms with Crippen molar-refractivity contribution in [3.05, 3.63) is 0 Å². The first-order valence-corrected chi connectivity index (χ1v) is 6.08. The van der Waals surface area contributed by atoms with Crippen LogP contribution < -0.4 is 0 Å². The van der Waals surface area contributed by atoms with Crippen LogP contribution in [0.5, 0.6) is 0 Å². The molecular weight excluding hydrogens is 208 g/mol. The molecule has 1 heterocycles. The quantitative estimate of drug-likeness (QED) is 0.507. The van der Waals surface area contributed by atoms with Crippen LogP contribution in [0.4, 0.5) is 0 Å². The van der Waals surface area contributed by atoms with E-state index in [1.807, 2.05) is 0 Å². The third-order valence-corrected chi connectivity index (χ3v) is 2.50. The molecule has 0 amide bonds. The van der Waals surface area contributed by atoms with Gasteiger partial charge in [0.1, 0.15) is 5.60 Å². The van der Waals surface area contributed by atoms with Crippen molar-refractivity contribution in [3.8, 4) is 0 Å². The molecule has 0 saturated carbocycles.